The van der Waals surface area contributed by atoms with Crippen molar-refractivity contribution in [2.75, 3.05) is 13.6 Å². The highest BCUT2D eigenvalue weighted by Crippen LogP contribution is 2.11. The molecule has 0 fully saturated rings. The molecule has 0 bridgehead atoms. The zero-order valence-electron chi connectivity index (χ0n) is 14.3. The van der Waals surface area contributed by atoms with Crippen LogP contribution >= 0.6 is 0 Å². The highest BCUT2D eigenvalue weighted by molar-refractivity contribution is 5.96. The summed E-state index contributed by atoms with van der Waals surface area (Å²) in [5.74, 6) is 0.156. The summed E-state index contributed by atoms with van der Waals surface area (Å²) >= 11 is 0. The second-order valence-corrected chi connectivity index (χ2v) is 6.65. The molecule has 0 aromatic heterocycles. The number of carbonyl (C=O) groups is 2. The largest absolute Gasteiger partial charge is 0.444 e. The Morgan fingerprint density at radius 3 is 2.45 bits per heavy atom. The predicted octanol–water partition coefficient (Wildman–Crippen LogP) is 4.21. The molecule has 0 aliphatic heterocycles. The molecule has 0 spiro atoms. The second-order valence-electron chi connectivity index (χ2n) is 6.65. The maximum atomic E-state index is 12.1. The van der Waals surface area contributed by atoms with E-state index in [1.165, 1.54) is 0 Å². The van der Waals surface area contributed by atoms with Crippen molar-refractivity contribution in [2.45, 2.75) is 52.6 Å². The normalized spacial score (nSPS) is 11.1. The molecule has 1 rings (SSSR count). The molecule has 22 heavy (non-hydrogen) atoms. The Kier molecular flexibility index (Phi) is 6.60. The van der Waals surface area contributed by atoms with Crippen LogP contribution in [0.15, 0.2) is 24.3 Å². The summed E-state index contributed by atoms with van der Waals surface area (Å²) in [6, 6.07) is 7.64. The number of hydrogen-bond donors (Lipinski definition) is 0. The molecule has 0 unspecified atom stereocenters. The number of rotatable bonds is 6. The van der Waals surface area contributed by atoms with Crippen molar-refractivity contribution in [1.82, 2.24) is 4.90 Å². The Morgan fingerprint density at radius 1 is 1.18 bits per heavy atom. The molecule has 4 nitrogen and oxygen atoms in total. The Balaban J connectivity index is 2.30. The quantitative estimate of drug-likeness (QED) is 0.584. The summed E-state index contributed by atoms with van der Waals surface area (Å²) in [7, 11) is 1.72. The molecule has 122 valence electrons. The summed E-state index contributed by atoms with van der Waals surface area (Å²) in [5, 5.41) is 0. The highest BCUT2D eigenvalue weighted by atomic mass is 16.6. The Labute approximate surface area is 133 Å². The van der Waals surface area contributed by atoms with E-state index in [9.17, 15) is 9.59 Å². The number of carbonyl (C=O) groups excluding carboxylic acids is 2. The van der Waals surface area contributed by atoms with Crippen LogP contribution in [0.4, 0.5) is 4.79 Å². The molecule has 0 radical (unpaired) electrons. The van der Waals surface area contributed by atoms with Gasteiger partial charge in [-0.3, -0.25) is 4.79 Å². The van der Waals surface area contributed by atoms with Gasteiger partial charge in [-0.1, -0.05) is 23.8 Å². The van der Waals surface area contributed by atoms with E-state index >= 15 is 0 Å². The summed E-state index contributed by atoms with van der Waals surface area (Å²) in [6.07, 6.45) is 1.73. The Morgan fingerprint density at radius 2 is 1.86 bits per heavy atom. The number of aryl methyl sites for hydroxylation is 1. The van der Waals surface area contributed by atoms with Crippen LogP contribution in [0.2, 0.25) is 0 Å². The number of ether oxygens (including phenoxy) is 1. The first kappa shape index (κ1) is 18.2. The molecule has 1 aromatic rings. The zero-order chi connectivity index (χ0) is 16.8. The average molecular weight is 305 g/mol. The highest BCUT2D eigenvalue weighted by Gasteiger charge is 2.19. The van der Waals surface area contributed by atoms with Gasteiger partial charge in [0.1, 0.15) is 5.60 Å². The summed E-state index contributed by atoms with van der Waals surface area (Å²) in [4.78, 5) is 25.4. The van der Waals surface area contributed by atoms with E-state index in [0.717, 1.165) is 24.0 Å². The number of ketones is 1. The third kappa shape index (κ3) is 6.74. The van der Waals surface area contributed by atoms with Gasteiger partial charge >= 0.3 is 6.09 Å². The molecule has 0 aliphatic carbocycles. The van der Waals surface area contributed by atoms with Crippen LogP contribution in [0, 0.1) is 6.92 Å². The van der Waals surface area contributed by atoms with Gasteiger partial charge in [0, 0.05) is 25.6 Å². The average Bonchev–Trinajstić information content (AvgIpc) is 2.41. The van der Waals surface area contributed by atoms with Crippen LogP contribution in [0.3, 0.4) is 0 Å². The molecule has 0 heterocycles. The Bertz CT molecular complexity index is 517. The lowest BCUT2D eigenvalue weighted by Gasteiger charge is -2.24. The van der Waals surface area contributed by atoms with Gasteiger partial charge in [0.2, 0.25) is 0 Å². The molecule has 0 atom stereocenters. The van der Waals surface area contributed by atoms with Gasteiger partial charge in [0.25, 0.3) is 0 Å². The van der Waals surface area contributed by atoms with E-state index in [-0.39, 0.29) is 11.9 Å². The van der Waals surface area contributed by atoms with Gasteiger partial charge in [-0.25, -0.2) is 4.79 Å². The molecule has 1 aromatic carbocycles. The number of nitrogens with zero attached hydrogens (tertiary/aromatic N) is 1. The third-order valence-corrected chi connectivity index (χ3v) is 3.19. The fraction of sp³-hybridized carbons (Fsp3) is 0.556. The van der Waals surface area contributed by atoms with Gasteiger partial charge in [0.15, 0.2) is 5.78 Å². The van der Waals surface area contributed by atoms with E-state index in [1.807, 2.05) is 52.0 Å². The van der Waals surface area contributed by atoms with Crippen molar-refractivity contribution in [3.05, 3.63) is 35.4 Å². The maximum Gasteiger partial charge on any atom is 0.410 e. The molecular weight excluding hydrogens is 278 g/mol. The second kappa shape index (κ2) is 7.97. The van der Waals surface area contributed by atoms with Gasteiger partial charge in [-0.2, -0.15) is 0 Å². The van der Waals surface area contributed by atoms with E-state index in [0.29, 0.717) is 13.0 Å². The van der Waals surface area contributed by atoms with Gasteiger partial charge in [-0.05, 0) is 46.6 Å². The van der Waals surface area contributed by atoms with Crippen molar-refractivity contribution in [3.63, 3.8) is 0 Å². The van der Waals surface area contributed by atoms with E-state index < -0.39 is 5.60 Å². The van der Waals surface area contributed by atoms with Gasteiger partial charge in [0.05, 0.1) is 0 Å². The molecule has 0 saturated heterocycles. The van der Waals surface area contributed by atoms with Gasteiger partial charge < -0.3 is 9.64 Å². The first-order valence-electron chi connectivity index (χ1n) is 7.73. The molecule has 0 N–H and O–H groups in total. The minimum absolute atomic E-state index is 0.156. The topological polar surface area (TPSA) is 46.6 Å². The third-order valence-electron chi connectivity index (χ3n) is 3.19. The van der Waals surface area contributed by atoms with Crippen molar-refractivity contribution in [2.24, 2.45) is 0 Å². The van der Waals surface area contributed by atoms with Crippen LogP contribution in [0.25, 0.3) is 0 Å². The number of hydrogen-bond acceptors (Lipinski definition) is 3. The fourth-order valence-corrected chi connectivity index (χ4v) is 2.03. The number of amides is 1. The minimum Gasteiger partial charge on any atom is -0.444 e. The molecule has 0 saturated carbocycles. The van der Waals surface area contributed by atoms with Crippen LogP contribution in [0.1, 0.15) is 56.0 Å². The van der Waals surface area contributed by atoms with Crippen molar-refractivity contribution in [3.8, 4) is 0 Å². The standard InChI is InChI=1S/C18H27NO3/c1-14-9-8-10-15(13-14)16(20)11-6-7-12-19(5)17(21)22-18(2,3)4/h8-10,13H,6-7,11-12H2,1-5H3. The fourth-order valence-electron chi connectivity index (χ4n) is 2.03. The van der Waals surface area contributed by atoms with Crippen molar-refractivity contribution in [1.29, 1.82) is 0 Å². The maximum absolute atomic E-state index is 12.1. The molecule has 4 heteroatoms. The first-order valence-corrected chi connectivity index (χ1v) is 7.73. The van der Waals surface area contributed by atoms with E-state index in [4.69, 9.17) is 4.74 Å². The van der Waals surface area contributed by atoms with Crippen LogP contribution in [-0.2, 0) is 4.74 Å². The number of benzene rings is 1. The van der Waals surface area contributed by atoms with E-state index in [2.05, 4.69) is 0 Å². The van der Waals surface area contributed by atoms with Crippen LogP contribution < -0.4 is 0 Å². The smallest absolute Gasteiger partial charge is 0.410 e. The van der Waals surface area contributed by atoms with Crippen molar-refractivity contribution >= 4 is 11.9 Å². The van der Waals surface area contributed by atoms with Crippen LogP contribution in [0.5, 0.6) is 0 Å². The summed E-state index contributed by atoms with van der Waals surface area (Å²) in [5.41, 5.74) is 1.38. The van der Waals surface area contributed by atoms with Crippen molar-refractivity contribution < 1.29 is 14.3 Å². The minimum atomic E-state index is -0.480. The molecule has 1 amide bonds. The first-order chi connectivity index (χ1) is 10.2. The number of unbranched alkanes of at least 4 members (excludes halogenated alkanes) is 1. The monoisotopic (exact) mass is 305 g/mol. The lowest BCUT2D eigenvalue weighted by Crippen LogP contribution is -2.34. The summed E-state index contributed by atoms with van der Waals surface area (Å²) in [6.45, 7) is 8.11. The predicted molar refractivity (Wildman–Crippen MR) is 88.2 cm³/mol. The zero-order valence-corrected chi connectivity index (χ0v) is 14.3. The lowest BCUT2D eigenvalue weighted by molar-refractivity contribution is 0.0296. The number of Topliss-reactive ketones (excluding diaryl/α,β-unsaturated/α-hetero) is 1. The van der Waals surface area contributed by atoms with Crippen LogP contribution in [-0.4, -0.2) is 36.0 Å². The SMILES string of the molecule is Cc1cccc(C(=O)CCCCN(C)C(=O)OC(C)(C)C)c1. The lowest BCUT2D eigenvalue weighted by atomic mass is 10.0. The molecule has 0 aliphatic rings. The van der Waals surface area contributed by atoms with Gasteiger partial charge in [-0.15, -0.1) is 0 Å². The summed E-state index contributed by atoms with van der Waals surface area (Å²) < 4.78 is 5.28. The molecular formula is C18H27NO3. The Hall–Kier alpha value is -1.84. The van der Waals surface area contributed by atoms with E-state index in [1.54, 1.807) is 11.9 Å².